The number of carbonyl (C=O) groups excluding carboxylic acids is 1. The Morgan fingerprint density at radius 2 is 1.77 bits per heavy atom. The van der Waals surface area contributed by atoms with E-state index in [-0.39, 0.29) is 11.9 Å². The van der Waals surface area contributed by atoms with Gasteiger partial charge in [0.05, 0.1) is 13.2 Å². The summed E-state index contributed by atoms with van der Waals surface area (Å²) in [5, 5.41) is 3.16. The number of nitrogens with one attached hydrogen (secondary N) is 1. The summed E-state index contributed by atoms with van der Waals surface area (Å²) in [5.74, 6) is 0.773. The van der Waals surface area contributed by atoms with Crippen molar-refractivity contribution >= 4 is 11.6 Å². The smallest absolute Gasteiger partial charge is 0.251 e. The van der Waals surface area contributed by atoms with Gasteiger partial charge in [0, 0.05) is 24.3 Å². The second-order valence-corrected chi connectivity index (χ2v) is 8.06. The number of aryl methyl sites for hydroxylation is 1. The molecule has 0 fully saturated rings. The van der Waals surface area contributed by atoms with Gasteiger partial charge in [0.25, 0.3) is 5.91 Å². The molecule has 1 unspecified atom stereocenters. The van der Waals surface area contributed by atoms with Gasteiger partial charge >= 0.3 is 0 Å². The number of amides is 1. The van der Waals surface area contributed by atoms with Crippen molar-refractivity contribution in [2.45, 2.75) is 38.8 Å². The maximum atomic E-state index is 12.8. The molecular weight excluding hydrogens is 384 g/mol. The van der Waals surface area contributed by atoms with E-state index >= 15 is 0 Å². The van der Waals surface area contributed by atoms with E-state index < -0.39 is 0 Å². The third-order valence-corrected chi connectivity index (χ3v) is 6.03. The number of methoxy groups -OCH3 is 1. The van der Waals surface area contributed by atoms with Crippen LogP contribution in [-0.4, -0.2) is 19.6 Å². The lowest BCUT2D eigenvalue weighted by molar-refractivity contribution is 0.0935. The molecule has 0 aromatic heterocycles. The molecule has 0 aliphatic carbocycles. The lowest BCUT2D eigenvalue weighted by Gasteiger charge is -2.31. The minimum absolute atomic E-state index is 0.0251. The number of rotatable bonds is 7. The van der Waals surface area contributed by atoms with Crippen LogP contribution >= 0.6 is 0 Å². The standard InChI is InChI=1S/C27H30N2O2/c1-3-25(21-14-16-24(31-2)17-15-21)28-27(30)23-12-10-20(11-13-23)19-29-18-6-8-22-7-4-5-9-26(22)29/h4-5,7,9-17,25H,3,6,8,18-19H2,1-2H3,(H,28,30). The monoisotopic (exact) mass is 414 g/mol. The first-order valence-corrected chi connectivity index (χ1v) is 11.0. The first-order valence-electron chi connectivity index (χ1n) is 11.0. The fourth-order valence-electron chi connectivity index (χ4n) is 4.26. The molecule has 0 radical (unpaired) electrons. The van der Waals surface area contributed by atoms with Gasteiger partial charge in [-0.2, -0.15) is 0 Å². The van der Waals surface area contributed by atoms with E-state index in [0.717, 1.165) is 37.2 Å². The van der Waals surface area contributed by atoms with Crippen LogP contribution in [-0.2, 0) is 13.0 Å². The second kappa shape index (κ2) is 9.69. The number of ether oxygens (including phenoxy) is 1. The number of benzene rings is 3. The molecule has 3 aromatic rings. The Bertz CT molecular complexity index is 1010. The number of hydrogen-bond donors (Lipinski definition) is 1. The van der Waals surface area contributed by atoms with Crippen LogP contribution in [0.1, 0.15) is 52.9 Å². The van der Waals surface area contributed by atoms with E-state index in [2.05, 4.69) is 53.5 Å². The first-order chi connectivity index (χ1) is 15.2. The highest BCUT2D eigenvalue weighted by Gasteiger charge is 2.17. The topological polar surface area (TPSA) is 41.6 Å². The molecule has 3 aromatic carbocycles. The van der Waals surface area contributed by atoms with E-state index in [0.29, 0.717) is 5.56 Å². The lowest BCUT2D eigenvalue weighted by atomic mass is 10.0. The fourth-order valence-corrected chi connectivity index (χ4v) is 4.26. The Hall–Kier alpha value is -3.27. The van der Waals surface area contributed by atoms with Crippen molar-refractivity contribution in [2.75, 3.05) is 18.6 Å². The molecule has 4 heteroatoms. The summed E-state index contributed by atoms with van der Waals surface area (Å²) in [5.41, 5.74) is 5.75. The van der Waals surface area contributed by atoms with Crippen LogP contribution < -0.4 is 15.0 Å². The van der Waals surface area contributed by atoms with Crippen LogP contribution in [0.25, 0.3) is 0 Å². The van der Waals surface area contributed by atoms with Gasteiger partial charge in [-0.25, -0.2) is 0 Å². The Morgan fingerprint density at radius 1 is 1.03 bits per heavy atom. The second-order valence-electron chi connectivity index (χ2n) is 8.06. The molecule has 1 N–H and O–H groups in total. The zero-order chi connectivity index (χ0) is 21.6. The van der Waals surface area contributed by atoms with Crippen LogP contribution in [0.4, 0.5) is 5.69 Å². The highest BCUT2D eigenvalue weighted by molar-refractivity contribution is 5.94. The van der Waals surface area contributed by atoms with Crippen molar-refractivity contribution in [3.8, 4) is 5.75 Å². The van der Waals surface area contributed by atoms with Gasteiger partial charge in [-0.1, -0.05) is 49.4 Å². The van der Waals surface area contributed by atoms with Crippen LogP contribution in [0.3, 0.4) is 0 Å². The number of carbonyl (C=O) groups is 1. The van der Waals surface area contributed by atoms with Crippen molar-refractivity contribution in [2.24, 2.45) is 0 Å². The molecule has 4 nitrogen and oxygen atoms in total. The third kappa shape index (κ3) is 4.91. The van der Waals surface area contributed by atoms with Gasteiger partial charge < -0.3 is 15.0 Å². The molecule has 1 aliphatic rings. The zero-order valence-corrected chi connectivity index (χ0v) is 18.3. The molecule has 4 rings (SSSR count). The predicted octanol–water partition coefficient (Wildman–Crippen LogP) is 5.53. The van der Waals surface area contributed by atoms with Crippen LogP contribution in [0.2, 0.25) is 0 Å². The molecule has 1 amide bonds. The van der Waals surface area contributed by atoms with Crippen molar-refractivity contribution in [1.82, 2.24) is 5.32 Å². The summed E-state index contributed by atoms with van der Waals surface area (Å²) in [7, 11) is 1.65. The van der Waals surface area contributed by atoms with Gasteiger partial charge in [0.1, 0.15) is 5.75 Å². The molecule has 0 saturated carbocycles. The molecule has 0 spiro atoms. The predicted molar refractivity (Wildman–Crippen MR) is 126 cm³/mol. The largest absolute Gasteiger partial charge is 0.497 e. The average Bonchev–Trinajstić information content (AvgIpc) is 2.83. The minimum atomic E-state index is -0.0439. The summed E-state index contributed by atoms with van der Waals surface area (Å²) < 4.78 is 5.23. The molecular formula is C27H30N2O2. The summed E-state index contributed by atoms with van der Waals surface area (Å²) in [6.07, 6.45) is 3.16. The zero-order valence-electron chi connectivity index (χ0n) is 18.3. The quantitative estimate of drug-likeness (QED) is 0.553. The summed E-state index contributed by atoms with van der Waals surface area (Å²) in [4.78, 5) is 15.3. The van der Waals surface area contributed by atoms with Gasteiger partial charge in [-0.15, -0.1) is 0 Å². The van der Waals surface area contributed by atoms with Gasteiger partial charge in [-0.3, -0.25) is 4.79 Å². The van der Waals surface area contributed by atoms with Gasteiger partial charge in [0.15, 0.2) is 0 Å². The highest BCUT2D eigenvalue weighted by atomic mass is 16.5. The normalized spacial score (nSPS) is 13.9. The molecule has 31 heavy (non-hydrogen) atoms. The van der Waals surface area contributed by atoms with E-state index in [4.69, 9.17) is 4.74 Å². The first kappa shape index (κ1) is 21.0. The van der Waals surface area contributed by atoms with E-state index in [1.165, 1.54) is 23.2 Å². The molecule has 1 heterocycles. The summed E-state index contributed by atoms with van der Waals surface area (Å²) in [6.45, 7) is 4.01. The average molecular weight is 415 g/mol. The third-order valence-electron chi connectivity index (χ3n) is 6.03. The van der Waals surface area contributed by atoms with Crippen LogP contribution in [0.15, 0.2) is 72.8 Å². The lowest BCUT2D eigenvalue weighted by Crippen LogP contribution is -2.29. The number of fused-ring (bicyclic) bond motifs is 1. The van der Waals surface area contributed by atoms with Gasteiger partial charge in [-0.05, 0) is 66.3 Å². The molecule has 160 valence electrons. The molecule has 1 atom stereocenters. The van der Waals surface area contributed by atoms with Crippen molar-refractivity contribution in [3.63, 3.8) is 0 Å². The highest BCUT2D eigenvalue weighted by Crippen LogP contribution is 2.28. The Balaban J connectivity index is 1.41. The van der Waals surface area contributed by atoms with Crippen molar-refractivity contribution < 1.29 is 9.53 Å². The fraction of sp³-hybridized carbons (Fsp3) is 0.296. The maximum Gasteiger partial charge on any atom is 0.251 e. The van der Waals surface area contributed by atoms with E-state index in [9.17, 15) is 4.79 Å². The van der Waals surface area contributed by atoms with Gasteiger partial charge in [0.2, 0.25) is 0 Å². The summed E-state index contributed by atoms with van der Waals surface area (Å²) in [6, 6.07) is 24.5. The minimum Gasteiger partial charge on any atom is -0.497 e. The van der Waals surface area contributed by atoms with Crippen molar-refractivity contribution in [1.29, 1.82) is 0 Å². The SMILES string of the molecule is CCC(NC(=O)c1ccc(CN2CCCc3ccccc32)cc1)c1ccc(OC)cc1. The number of anilines is 1. The van der Waals surface area contributed by atoms with Crippen LogP contribution in [0, 0.1) is 0 Å². The maximum absolute atomic E-state index is 12.8. The molecule has 0 saturated heterocycles. The molecule has 0 bridgehead atoms. The van der Waals surface area contributed by atoms with Crippen molar-refractivity contribution in [3.05, 3.63) is 95.1 Å². The number of nitrogens with zero attached hydrogens (tertiary/aromatic N) is 1. The Labute approximate surface area is 184 Å². The summed E-state index contributed by atoms with van der Waals surface area (Å²) >= 11 is 0. The van der Waals surface area contributed by atoms with E-state index in [1.54, 1.807) is 7.11 Å². The number of hydrogen-bond acceptors (Lipinski definition) is 3. The van der Waals surface area contributed by atoms with E-state index in [1.807, 2.05) is 36.4 Å². The van der Waals surface area contributed by atoms with Crippen LogP contribution in [0.5, 0.6) is 5.75 Å². The molecule has 1 aliphatic heterocycles. The number of para-hydroxylation sites is 1. The Morgan fingerprint density at radius 3 is 2.48 bits per heavy atom. The Kier molecular flexibility index (Phi) is 6.56.